The SMILES string of the molecule is CC(NC1CS(=O)(=O)c2ccccc21)(C(=O)O)C(F)(F)F. The second-order valence-corrected chi connectivity index (χ2v) is 6.95. The van der Waals surface area contributed by atoms with Crippen molar-refractivity contribution in [2.75, 3.05) is 5.75 Å². The van der Waals surface area contributed by atoms with Crippen molar-refractivity contribution in [3.05, 3.63) is 29.8 Å². The molecule has 21 heavy (non-hydrogen) atoms. The number of carboxylic acids is 1. The third kappa shape index (κ3) is 2.51. The van der Waals surface area contributed by atoms with Crippen molar-refractivity contribution in [3.63, 3.8) is 0 Å². The van der Waals surface area contributed by atoms with E-state index in [1.54, 1.807) is 0 Å². The molecule has 0 saturated heterocycles. The number of nitrogens with one attached hydrogen (secondary N) is 1. The van der Waals surface area contributed by atoms with Crippen LogP contribution in [-0.4, -0.2) is 37.0 Å². The largest absolute Gasteiger partial charge is 0.480 e. The zero-order valence-electron chi connectivity index (χ0n) is 10.8. The van der Waals surface area contributed by atoms with Gasteiger partial charge < -0.3 is 5.11 Å². The van der Waals surface area contributed by atoms with Crippen molar-refractivity contribution in [1.29, 1.82) is 0 Å². The first-order chi connectivity index (χ1) is 9.49. The van der Waals surface area contributed by atoms with E-state index in [1.807, 2.05) is 5.32 Å². The fraction of sp³-hybridized carbons (Fsp3) is 0.417. The molecule has 1 aromatic carbocycles. The van der Waals surface area contributed by atoms with Crippen LogP contribution in [0, 0.1) is 0 Å². The van der Waals surface area contributed by atoms with Gasteiger partial charge in [-0.1, -0.05) is 18.2 Å². The van der Waals surface area contributed by atoms with Gasteiger partial charge in [-0.15, -0.1) is 0 Å². The van der Waals surface area contributed by atoms with Gasteiger partial charge in [-0.3, -0.25) is 5.32 Å². The lowest BCUT2D eigenvalue weighted by Gasteiger charge is -2.31. The Morgan fingerprint density at radius 1 is 1.33 bits per heavy atom. The lowest BCUT2D eigenvalue weighted by molar-refractivity contribution is -0.207. The molecule has 0 saturated carbocycles. The van der Waals surface area contributed by atoms with Crippen LogP contribution >= 0.6 is 0 Å². The summed E-state index contributed by atoms with van der Waals surface area (Å²) in [5.74, 6) is -2.72. The molecule has 116 valence electrons. The van der Waals surface area contributed by atoms with E-state index in [9.17, 15) is 26.4 Å². The highest BCUT2D eigenvalue weighted by Gasteiger charge is 2.59. The van der Waals surface area contributed by atoms with E-state index in [-0.39, 0.29) is 10.5 Å². The molecule has 0 aliphatic carbocycles. The maximum atomic E-state index is 13.0. The van der Waals surface area contributed by atoms with E-state index in [4.69, 9.17) is 5.11 Å². The Morgan fingerprint density at radius 2 is 1.90 bits per heavy atom. The summed E-state index contributed by atoms with van der Waals surface area (Å²) in [5.41, 5.74) is -3.08. The number of benzene rings is 1. The van der Waals surface area contributed by atoms with Crippen LogP contribution in [0.3, 0.4) is 0 Å². The van der Waals surface area contributed by atoms with E-state index in [0.717, 1.165) is 0 Å². The van der Waals surface area contributed by atoms with E-state index >= 15 is 0 Å². The van der Waals surface area contributed by atoms with Crippen LogP contribution in [0.25, 0.3) is 0 Å². The summed E-state index contributed by atoms with van der Waals surface area (Å²) in [6, 6.07) is 4.38. The molecule has 1 aromatic rings. The van der Waals surface area contributed by atoms with Crippen LogP contribution in [-0.2, 0) is 14.6 Å². The van der Waals surface area contributed by atoms with Crippen molar-refractivity contribution in [3.8, 4) is 0 Å². The zero-order valence-corrected chi connectivity index (χ0v) is 11.6. The van der Waals surface area contributed by atoms with Crippen LogP contribution in [0.2, 0.25) is 0 Å². The predicted octanol–water partition coefficient (Wildman–Crippen LogP) is 1.51. The number of hydrogen-bond donors (Lipinski definition) is 2. The minimum Gasteiger partial charge on any atom is -0.480 e. The number of aliphatic carboxylic acids is 1. The molecular weight excluding hydrogens is 311 g/mol. The van der Waals surface area contributed by atoms with Gasteiger partial charge in [0.15, 0.2) is 9.84 Å². The van der Waals surface area contributed by atoms with Crippen molar-refractivity contribution >= 4 is 15.8 Å². The maximum Gasteiger partial charge on any atom is 0.417 e. The number of fused-ring (bicyclic) bond motifs is 1. The van der Waals surface area contributed by atoms with E-state index in [2.05, 4.69) is 0 Å². The van der Waals surface area contributed by atoms with Crippen LogP contribution in [0.1, 0.15) is 18.5 Å². The summed E-state index contributed by atoms with van der Waals surface area (Å²) in [6.07, 6.45) is -5.07. The van der Waals surface area contributed by atoms with Crippen LogP contribution in [0.15, 0.2) is 29.2 Å². The molecule has 2 N–H and O–H groups in total. The number of rotatable bonds is 3. The minimum atomic E-state index is -5.07. The van der Waals surface area contributed by atoms with Crippen molar-refractivity contribution < 1.29 is 31.5 Å². The molecule has 0 radical (unpaired) electrons. The molecule has 0 spiro atoms. The summed E-state index contributed by atoms with van der Waals surface area (Å²) >= 11 is 0. The van der Waals surface area contributed by atoms with Gasteiger partial charge >= 0.3 is 12.1 Å². The van der Waals surface area contributed by atoms with Crippen LogP contribution in [0.5, 0.6) is 0 Å². The second kappa shape index (κ2) is 4.70. The van der Waals surface area contributed by atoms with Gasteiger partial charge in [-0.25, -0.2) is 13.2 Å². The number of sulfone groups is 1. The highest BCUT2D eigenvalue weighted by atomic mass is 32.2. The molecule has 0 bridgehead atoms. The van der Waals surface area contributed by atoms with E-state index in [0.29, 0.717) is 6.92 Å². The Hall–Kier alpha value is -1.61. The Morgan fingerprint density at radius 3 is 2.43 bits per heavy atom. The number of hydrogen-bond acceptors (Lipinski definition) is 4. The normalized spacial score (nSPS) is 23.3. The number of carboxylic acid groups (broad SMARTS) is 1. The summed E-state index contributed by atoms with van der Waals surface area (Å²) in [4.78, 5) is 10.9. The fourth-order valence-electron chi connectivity index (χ4n) is 2.18. The molecule has 2 unspecified atom stereocenters. The van der Waals surface area contributed by atoms with Gasteiger partial charge in [-0.2, -0.15) is 13.2 Å². The molecule has 0 aromatic heterocycles. The van der Waals surface area contributed by atoms with Crippen molar-refractivity contribution in [2.24, 2.45) is 0 Å². The van der Waals surface area contributed by atoms with Gasteiger partial charge in [0.25, 0.3) is 0 Å². The third-order valence-corrected chi connectivity index (χ3v) is 5.29. The molecule has 1 aliphatic rings. The molecule has 9 heteroatoms. The molecule has 2 rings (SSSR count). The number of halogens is 3. The predicted molar refractivity (Wildman–Crippen MR) is 66.5 cm³/mol. The molecule has 0 fully saturated rings. The highest BCUT2D eigenvalue weighted by Crippen LogP contribution is 2.38. The fourth-order valence-corrected chi connectivity index (χ4v) is 3.92. The lowest BCUT2D eigenvalue weighted by atomic mass is 9.98. The standard InChI is InChI=1S/C12H12F3NO4S/c1-11(10(17)18,12(13,14)15)16-8-6-21(19,20)9-5-3-2-4-7(8)9/h2-5,8,16H,6H2,1H3,(H,17,18). The lowest BCUT2D eigenvalue weighted by Crippen LogP contribution is -2.61. The van der Waals surface area contributed by atoms with Crippen molar-refractivity contribution in [2.45, 2.75) is 29.6 Å². The molecule has 2 atom stereocenters. The Bertz CT molecular complexity index is 686. The minimum absolute atomic E-state index is 0.0718. The second-order valence-electron chi connectivity index (χ2n) is 4.94. The molecule has 1 aliphatic heterocycles. The number of alkyl halides is 3. The maximum absolute atomic E-state index is 13.0. The van der Waals surface area contributed by atoms with E-state index in [1.165, 1.54) is 24.3 Å². The van der Waals surface area contributed by atoms with Gasteiger partial charge in [-0.05, 0) is 18.6 Å². The van der Waals surface area contributed by atoms with Gasteiger partial charge in [0.1, 0.15) is 0 Å². The summed E-state index contributed by atoms with van der Waals surface area (Å²) in [6.45, 7) is 0.475. The van der Waals surface area contributed by atoms with Gasteiger partial charge in [0.2, 0.25) is 5.54 Å². The Labute approximate surface area is 118 Å². The van der Waals surface area contributed by atoms with Gasteiger partial charge in [0.05, 0.1) is 10.6 Å². The van der Waals surface area contributed by atoms with Crippen molar-refractivity contribution in [1.82, 2.24) is 5.32 Å². The Balaban J connectivity index is 2.44. The van der Waals surface area contributed by atoms with Gasteiger partial charge in [0, 0.05) is 6.04 Å². The molecular formula is C12H12F3NO4S. The molecule has 5 nitrogen and oxygen atoms in total. The third-order valence-electron chi connectivity index (χ3n) is 3.47. The topological polar surface area (TPSA) is 83.5 Å². The van der Waals surface area contributed by atoms with E-state index < -0.39 is 39.3 Å². The molecule has 0 amide bonds. The average molecular weight is 323 g/mol. The monoisotopic (exact) mass is 323 g/mol. The summed E-state index contributed by atoms with van der Waals surface area (Å²) < 4.78 is 62.8. The summed E-state index contributed by atoms with van der Waals surface area (Å²) in [7, 11) is -3.72. The zero-order chi connectivity index (χ0) is 16.1. The molecule has 1 heterocycles. The van der Waals surface area contributed by atoms with Crippen LogP contribution < -0.4 is 5.32 Å². The summed E-state index contributed by atoms with van der Waals surface area (Å²) in [5, 5.41) is 10.8. The first kappa shape index (κ1) is 15.8. The van der Waals surface area contributed by atoms with Crippen LogP contribution in [0.4, 0.5) is 13.2 Å². The Kier molecular flexibility index (Phi) is 3.53. The smallest absolute Gasteiger partial charge is 0.417 e. The number of carbonyl (C=O) groups is 1. The average Bonchev–Trinajstić information content (AvgIpc) is 2.60. The quantitative estimate of drug-likeness (QED) is 0.881. The first-order valence-corrected chi connectivity index (χ1v) is 7.54. The first-order valence-electron chi connectivity index (χ1n) is 5.88. The highest BCUT2D eigenvalue weighted by molar-refractivity contribution is 7.91.